The van der Waals surface area contributed by atoms with Gasteiger partial charge in [0, 0.05) is 18.7 Å². The summed E-state index contributed by atoms with van der Waals surface area (Å²) < 4.78 is 13.7. The lowest BCUT2D eigenvalue weighted by atomic mass is 10.1. The minimum atomic E-state index is -0.790. The molecule has 0 saturated carbocycles. The fourth-order valence-corrected chi connectivity index (χ4v) is 4.02. The molecule has 0 radical (unpaired) electrons. The van der Waals surface area contributed by atoms with Crippen molar-refractivity contribution in [3.8, 4) is 0 Å². The zero-order chi connectivity index (χ0) is 19.6. The van der Waals surface area contributed by atoms with Crippen LogP contribution in [0.25, 0.3) is 0 Å². The molecule has 1 saturated heterocycles. The maximum absolute atomic E-state index is 13.7. The molecule has 1 aliphatic rings. The van der Waals surface area contributed by atoms with Gasteiger partial charge >= 0.3 is 5.97 Å². The molecular formula is C19H25FN2O4S. The Morgan fingerprint density at radius 3 is 2.67 bits per heavy atom. The largest absolute Gasteiger partial charge is 0.481 e. The number of carbonyl (C=O) groups is 3. The first-order valence-corrected chi connectivity index (χ1v) is 10.2. The minimum absolute atomic E-state index is 0.172. The Morgan fingerprint density at radius 1 is 1.22 bits per heavy atom. The van der Waals surface area contributed by atoms with Gasteiger partial charge in [-0.05, 0) is 30.9 Å². The van der Waals surface area contributed by atoms with E-state index in [0.717, 1.165) is 19.3 Å². The van der Waals surface area contributed by atoms with Crippen molar-refractivity contribution in [3.63, 3.8) is 0 Å². The number of nitrogens with one attached hydrogen (secondary N) is 2. The lowest BCUT2D eigenvalue weighted by molar-refractivity contribution is -0.137. The smallest absolute Gasteiger partial charge is 0.303 e. The van der Waals surface area contributed by atoms with Crippen molar-refractivity contribution in [3.05, 3.63) is 35.6 Å². The van der Waals surface area contributed by atoms with Gasteiger partial charge in [-0.3, -0.25) is 14.4 Å². The first-order chi connectivity index (χ1) is 13.0. The highest BCUT2D eigenvalue weighted by Crippen LogP contribution is 2.23. The van der Waals surface area contributed by atoms with Crippen LogP contribution in [0.15, 0.2) is 24.3 Å². The highest BCUT2D eigenvalue weighted by Gasteiger charge is 2.32. The number of aliphatic carboxylic acids is 1. The molecular weight excluding hydrogens is 371 g/mol. The lowest BCUT2D eigenvalue weighted by Gasteiger charge is -2.28. The van der Waals surface area contributed by atoms with E-state index in [9.17, 15) is 18.8 Å². The summed E-state index contributed by atoms with van der Waals surface area (Å²) in [6, 6.07) is 5.81. The zero-order valence-corrected chi connectivity index (χ0v) is 15.9. The zero-order valence-electron chi connectivity index (χ0n) is 15.1. The summed E-state index contributed by atoms with van der Waals surface area (Å²) in [4.78, 5) is 34.8. The molecule has 1 aliphatic heterocycles. The average Bonchev–Trinajstić information content (AvgIpc) is 2.63. The summed E-state index contributed by atoms with van der Waals surface area (Å²) in [7, 11) is 0. The Balaban J connectivity index is 1.66. The third-order valence-electron chi connectivity index (χ3n) is 4.37. The summed E-state index contributed by atoms with van der Waals surface area (Å²) >= 11 is 1.37. The summed E-state index contributed by atoms with van der Waals surface area (Å²) in [5.74, 6) is -1.12. The molecule has 1 fully saturated rings. The standard InChI is InChI=1S/C19H25FN2O4S/c20-14-8-5-4-7-13(14)11-16-19(26)22-15(12-27-16)18(25)21-10-6-2-1-3-9-17(23)24/h4-5,7-8,15-16H,1-3,6,9-12H2,(H,21,25)(H,22,26)(H,23,24). The minimum Gasteiger partial charge on any atom is -0.481 e. The average molecular weight is 396 g/mol. The van der Waals surface area contributed by atoms with Crippen molar-refractivity contribution in [1.82, 2.24) is 10.6 Å². The van der Waals surface area contributed by atoms with Gasteiger partial charge in [-0.1, -0.05) is 31.0 Å². The van der Waals surface area contributed by atoms with Crippen LogP contribution in [0, 0.1) is 5.82 Å². The van der Waals surface area contributed by atoms with Gasteiger partial charge in [0.15, 0.2) is 0 Å². The number of carbonyl (C=O) groups excluding carboxylic acids is 2. The summed E-state index contributed by atoms with van der Waals surface area (Å²) in [6.07, 6.45) is 3.55. The fourth-order valence-electron chi connectivity index (χ4n) is 2.84. The maximum Gasteiger partial charge on any atom is 0.303 e. The number of carboxylic acid groups (broad SMARTS) is 1. The van der Waals surface area contributed by atoms with E-state index >= 15 is 0 Å². The molecule has 2 rings (SSSR count). The Kier molecular flexibility index (Phi) is 8.57. The highest BCUT2D eigenvalue weighted by molar-refractivity contribution is 8.00. The number of rotatable bonds is 10. The van der Waals surface area contributed by atoms with E-state index < -0.39 is 17.3 Å². The number of unbranched alkanes of at least 4 members (excludes halogenated alkanes) is 3. The monoisotopic (exact) mass is 396 g/mol. The van der Waals surface area contributed by atoms with E-state index in [-0.39, 0.29) is 24.1 Å². The molecule has 3 N–H and O–H groups in total. The van der Waals surface area contributed by atoms with Crippen molar-refractivity contribution in [2.24, 2.45) is 0 Å². The Morgan fingerprint density at radius 2 is 1.96 bits per heavy atom. The Bertz CT molecular complexity index is 671. The number of halogens is 1. The van der Waals surface area contributed by atoms with Crippen LogP contribution in [0.5, 0.6) is 0 Å². The van der Waals surface area contributed by atoms with Crippen LogP contribution in [0.3, 0.4) is 0 Å². The number of thioether (sulfide) groups is 1. The van der Waals surface area contributed by atoms with Crippen LogP contribution in [-0.4, -0.2) is 46.5 Å². The van der Waals surface area contributed by atoms with Gasteiger partial charge in [0.2, 0.25) is 11.8 Å². The second-order valence-electron chi connectivity index (χ2n) is 6.53. The quantitative estimate of drug-likeness (QED) is 0.527. The van der Waals surface area contributed by atoms with Crippen LogP contribution in [-0.2, 0) is 20.8 Å². The van der Waals surface area contributed by atoms with E-state index in [1.807, 2.05) is 0 Å². The molecule has 2 amide bonds. The molecule has 1 aromatic carbocycles. The van der Waals surface area contributed by atoms with Gasteiger partial charge in [-0.2, -0.15) is 0 Å². The van der Waals surface area contributed by atoms with Gasteiger partial charge in [0.05, 0.1) is 5.25 Å². The second-order valence-corrected chi connectivity index (χ2v) is 7.76. The van der Waals surface area contributed by atoms with Crippen LogP contribution < -0.4 is 10.6 Å². The third-order valence-corrected chi connectivity index (χ3v) is 5.68. The summed E-state index contributed by atoms with van der Waals surface area (Å²) in [5, 5.41) is 13.7. The van der Waals surface area contributed by atoms with Crippen molar-refractivity contribution >= 4 is 29.5 Å². The van der Waals surface area contributed by atoms with Crippen molar-refractivity contribution in [1.29, 1.82) is 0 Å². The number of benzene rings is 1. The molecule has 0 aromatic heterocycles. The normalized spacial score (nSPS) is 19.4. The Hall–Kier alpha value is -2.09. The summed E-state index contributed by atoms with van der Waals surface area (Å²) in [6.45, 7) is 0.502. The van der Waals surface area contributed by atoms with E-state index in [1.54, 1.807) is 18.2 Å². The van der Waals surface area contributed by atoms with Crippen molar-refractivity contribution in [2.45, 2.75) is 49.8 Å². The van der Waals surface area contributed by atoms with E-state index in [4.69, 9.17) is 5.11 Å². The molecule has 0 aliphatic carbocycles. The number of hydrogen-bond acceptors (Lipinski definition) is 4. The van der Waals surface area contributed by atoms with Crippen LogP contribution in [0.2, 0.25) is 0 Å². The van der Waals surface area contributed by atoms with E-state index in [2.05, 4.69) is 10.6 Å². The molecule has 6 nitrogen and oxygen atoms in total. The molecule has 1 aromatic rings. The third kappa shape index (κ3) is 7.21. The van der Waals surface area contributed by atoms with Gasteiger partial charge in [0.25, 0.3) is 0 Å². The maximum atomic E-state index is 13.7. The molecule has 2 atom stereocenters. The molecule has 0 bridgehead atoms. The van der Waals surface area contributed by atoms with E-state index in [0.29, 0.717) is 30.7 Å². The molecule has 8 heteroatoms. The van der Waals surface area contributed by atoms with Gasteiger partial charge < -0.3 is 15.7 Å². The first kappa shape index (κ1) is 21.2. The fraction of sp³-hybridized carbons (Fsp3) is 0.526. The van der Waals surface area contributed by atoms with Crippen LogP contribution >= 0.6 is 11.8 Å². The van der Waals surface area contributed by atoms with Crippen molar-refractivity contribution < 1.29 is 23.9 Å². The molecule has 2 unspecified atom stereocenters. The molecule has 27 heavy (non-hydrogen) atoms. The van der Waals surface area contributed by atoms with Crippen molar-refractivity contribution in [2.75, 3.05) is 12.3 Å². The van der Waals surface area contributed by atoms with Crippen LogP contribution in [0.4, 0.5) is 4.39 Å². The van der Waals surface area contributed by atoms with Crippen LogP contribution in [0.1, 0.15) is 37.7 Å². The predicted octanol–water partition coefficient (Wildman–Crippen LogP) is 2.12. The molecule has 0 spiro atoms. The number of carboxylic acids is 1. The first-order valence-electron chi connectivity index (χ1n) is 9.12. The predicted molar refractivity (Wildman–Crippen MR) is 102 cm³/mol. The highest BCUT2D eigenvalue weighted by atomic mass is 32.2. The summed E-state index contributed by atoms with van der Waals surface area (Å²) in [5.41, 5.74) is 0.496. The Labute approximate surface area is 162 Å². The van der Waals surface area contributed by atoms with Gasteiger partial charge in [0.1, 0.15) is 11.9 Å². The topological polar surface area (TPSA) is 95.5 Å². The molecule has 1 heterocycles. The van der Waals surface area contributed by atoms with E-state index in [1.165, 1.54) is 17.8 Å². The lowest BCUT2D eigenvalue weighted by Crippen LogP contribution is -2.54. The second kappa shape index (κ2) is 10.9. The van der Waals surface area contributed by atoms with Gasteiger partial charge in [-0.15, -0.1) is 11.8 Å². The molecule has 148 valence electrons. The van der Waals surface area contributed by atoms with Gasteiger partial charge in [-0.25, -0.2) is 4.39 Å². The SMILES string of the molecule is O=C(O)CCCCCCNC(=O)C1CSC(Cc2ccccc2F)C(=O)N1. The number of amides is 2. The number of hydrogen-bond donors (Lipinski definition) is 3.